The Labute approximate surface area is 260 Å². The van der Waals surface area contributed by atoms with Gasteiger partial charge >= 0.3 is 12.1 Å². The van der Waals surface area contributed by atoms with E-state index in [1.165, 1.54) is 24.0 Å². The van der Waals surface area contributed by atoms with Crippen LogP contribution in [0, 0.1) is 18.7 Å². The number of carbonyl (C=O) groups excluding carboxylic acids is 3. The number of anilines is 2. The lowest BCUT2D eigenvalue weighted by molar-refractivity contribution is -0.138. The predicted octanol–water partition coefficient (Wildman–Crippen LogP) is 7.53. The Bertz CT molecular complexity index is 1600. The average molecular weight is 627 g/mol. The van der Waals surface area contributed by atoms with Crippen LogP contribution in [0.4, 0.5) is 28.9 Å². The van der Waals surface area contributed by atoms with Crippen molar-refractivity contribution in [3.05, 3.63) is 94.3 Å². The number of halogens is 4. The van der Waals surface area contributed by atoms with Gasteiger partial charge in [0, 0.05) is 24.0 Å². The Hall–Kier alpha value is -4.41. The van der Waals surface area contributed by atoms with E-state index in [-0.39, 0.29) is 29.4 Å². The normalized spacial score (nSPS) is 19.2. The summed E-state index contributed by atoms with van der Waals surface area (Å²) in [6.45, 7) is 1.75. The first-order chi connectivity index (χ1) is 21.9. The predicted molar refractivity (Wildman–Crippen MR) is 161 cm³/mol. The second-order valence-corrected chi connectivity index (χ2v) is 11.5. The molecule has 0 unspecified atom stereocenters. The fraction of sp³-hybridized carbons (Fsp3) is 0.382. The summed E-state index contributed by atoms with van der Waals surface area (Å²) in [5, 5.41) is 6.06. The molecular weight excluding hydrogens is 590 g/mol. The van der Waals surface area contributed by atoms with Crippen molar-refractivity contribution in [3.63, 3.8) is 0 Å². The number of aryl methyl sites for hydroxylation is 1. The Balaban J connectivity index is 1.49. The second kappa shape index (κ2) is 13.3. The molecule has 2 aliphatic rings. The molecule has 1 heterocycles. The van der Waals surface area contributed by atoms with E-state index in [9.17, 15) is 27.6 Å². The quantitative estimate of drug-likeness (QED) is 0.209. The molecule has 0 radical (unpaired) electrons. The topological polar surface area (TPSA) is 87.7 Å². The Morgan fingerprint density at radius 3 is 2.29 bits per heavy atom. The van der Waals surface area contributed by atoms with E-state index in [0.717, 1.165) is 50.6 Å². The SMILES string of the molecule is [2H]c1cc(C)c(C(=O)N2CCC[C@H](C(=O)Nc3ccc(C(=O)OC)c(C(F)(F)F)c3)[C@@H]2c2ccc(NC3CCCC3)cc2)c(F)c1. The van der Waals surface area contributed by atoms with Crippen LogP contribution in [0.3, 0.4) is 0 Å². The van der Waals surface area contributed by atoms with Crippen LogP contribution in [-0.4, -0.2) is 42.4 Å². The van der Waals surface area contributed by atoms with E-state index in [4.69, 9.17) is 1.37 Å². The number of esters is 1. The van der Waals surface area contributed by atoms with Gasteiger partial charge in [-0.15, -0.1) is 0 Å². The third-order valence-electron chi connectivity index (χ3n) is 8.56. The number of carbonyl (C=O) groups is 3. The molecule has 0 bridgehead atoms. The Morgan fingerprint density at radius 2 is 1.64 bits per heavy atom. The van der Waals surface area contributed by atoms with Crippen molar-refractivity contribution in [2.45, 2.75) is 63.7 Å². The van der Waals surface area contributed by atoms with Gasteiger partial charge in [0.05, 0.1) is 37.1 Å². The number of nitrogens with one attached hydrogen (secondary N) is 2. The van der Waals surface area contributed by atoms with Gasteiger partial charge in [0.1, 0.15) is 5.82 Å². The lowest BCUT2D eigenvalue weighted by Gasteiger charge is -2.41. The van der Waals surface area contributed by atoms with E-state index in [2.05, 4.69) is 15.4 Å². The van der Waals surface area contributed by atoms with Crippen LogP contribution < -0.4 is 10.6 Å². The van der Waals surface area contributed by atoms with Gasteiger partial charge in [-0.2, -0.15) is 13.2 Å². The number of amides is 2. The third-order valence-corrected chi connectivity index (χ3v) is 8.56. The molecule has 1 aliphatic carbocycles. The summed E-state index contributed by atoms with van der Waals surface area (Å²) in [6.07, 6.45) is 0.222. The van der Waals surface area contributed by atoms with E-state index >= 15 is 4.39 Å². The lowest BCUT2D eigenvalue weighted by Crippen LogP contribution is -2.46. The molecule has 2 amide bonds. The number of hydrogen-bond donors (Lipinski definition) is 2. The van der Waals surface area contributed by atoms with Gasteiger partial charge in [-0.05, 0) is 80.1 Å². The molecule has 0 spiro atoms. The maximum Gasteiger partial charge on any atom is 0.417 e. The number of methoxy groups -OCH3 is 1. The third kappa shape index (κ3) is 6.97. The number of ether oxygens (including phenoxy) is 1. The van der Waals surface area contributed by atoms with E-state index in [1.807, 2.05) is 12.1 Å². The van der Waals surface area contributed by atoms with Gasteiger partial charge in [0.25, 0.3) is 5.91 Å². The van der Waals surface area contributed by atoms with Gasteiger partial charge in [-0.1, -0.05) is 37.1 Å². The Morgan fingerprint density at radius 1 is 0.956 bits per heavy atom. The zero-order valence-corrected chi connectivity index (χ0v) is 25.0. The summed E-state index contributed by atoms with van der Waals surface area (Å²) >= 11 is 0. The minimum absolute atomic E-state index is 0.0826. The first-order valence-corrected chi connectivity index (χ1v) is 14.9. The molecule has 1 saturated heterocycles. The van der Waals surface area contributed by atoms with Crippen LogP contribution >= 0.6 is 0 Å². The summed E-state index contributed by atoms with van der Waals surface area (Å²) in [5.41, 5.74) is -0.570. The second-order valence-electron chi connectivity index (χ2n) is 11.5. The van der Waals surface area contributed by atoms with Crippen molar-refractivity contribution in [1.82, 2.24) is 4.90 Å². The standard InChI is InChI=1S/C34H35F4N3O4/c1-20-7-5-11-28(35)29(20)32(43)41-18-6-10-26(30(41)21-12-14-23(15-13-21)39-22-8-3-4-9-22)31(42)40-24-16-17-25(33(44)45-2)27(19-24)34(36,37)38/h5,7,11-17,19,22,26,30,39H,3-4,6,8-10,18H2,1-2H3,(H,40,42)/t26-,30-/m0/s1/i5D. The number of rotatable bonds is 7. The van der Waals surface area contributed by atoms with Crippen molar-refractivity contribution in [1.29, 1.82) is 0 Å². The highest BCUT2D eigenvalue weighted by Crippen LogP contribution is 2.40. The molecule has 2 fully saturated rings. The highest BCUT2D eigenvalue weighted by atomic mass is 19.4. The molecule has 3 aromatic carbocycles. The van der Waals surface area contributed by atoms with Crippen LogP contribution in [0.15, 0.2) is 60.6 Å². The molecule has 2 N–H and O–H groups in total. The molecule has 1 saturated carbocycles. The number of nitrogens with zero attached hydrogens (tertiary/aromatic N) is 1. The van der Waals surface area contributed by atoms with Crippen molar-refractivity contribution in [2.24, 2.45) is 5.92 Å². The van der Waals surface area contributed by atoms with E-state index in [0.29, 0.717) is 30.5 Å². The molecule has 45 heavy (non-hydrogen) atoms. The smallest absolute Gasteiger partial charge is 0.417 e. The maximum atomic E-state index is 15.1. The molecule has 3 aromatic rings. The number of hydrogen-bond acceptors (Lipinski definition) is 5. The first-order valence-electron chi connectivity index (χ1n) is 15.4. The van der Waals surface area contributed by atoms with Gasteiger partial charge < -0.3 is 20.3 Å². The van der Waals surface area contributed by atoms with E-state index < -0.39 is 52.9 Å². The van der Waals surface area contributed by atoms with Gasteiger partial charge in [-0.3, -0.25) is 9.59 Å². The molecule has 238 valence electrons. The van der Waals surface area contributed by atoms with Crippen molar-refractivity contribution in [3.8, 4) is 0 Å². The molecule has 2 atom stereocenters. The summed E-state index contributed by atoms with van der Waals surface area (Å²) in [6, 6.07) is 11.9. The van der Waals surface area contributed by atoms with Crippen molar-refractivity contribution < 1.29 is 38.1 Å². The number of likely N-dealkylation sites (tertiary alicyclic amines) is 1. The fourth-order valence-electron chi connectivity index (χ4n) is 6.36. The zero-order valence-electron chi connectivity index (χ0n) is 26.0. The monoisotopic (exact) mass is 626 g/mol. The highest BCUT2D eigenvalue weighted by molar-refractivity contribution is 5.98. The maximum absolute atomic E-state index is 15.1. The molecule has 7 nitrogen and oxygen atoms in total. The fourth-order valence-corrected chi connectivity index (χ4v) is 6.36. The molecule has 0 aromatic heterocycles. The Kier molecular flexibility index (Phi) is 9.04. The number of alkyl halides is 3. The van der Waals surface area contributed by atoms with Crippen molar-refractivity contribution >= 4 is 29.2 Å². The van der Waals surface area contributed by atoms with Crippen LogP contribution in [-0.2, 0) is 15.7 Å². The van der Waals surface area contributed by atoms with Crippen LogP contribution in [0.25, 0.3) is 0 Å². The number of benzene rings is 3. The zero-order chi connectivity index (χ0) is 33.2. The highest BCUT2D eigenvalue weighted by Gasteiger charge is 2.41. The average Bonchev–Trinajstić information content (AvgIpc) is 3.53. The first kappa shape index (κ1) is 30.6. The summed E-state index contributed by atoms with van der Waals surface area (Å²) < 4.78 is 68.9. The summed E-state index contributed by atoms with van der Waals surface area (Å²) in [4.78, 5) is 41.2. The molecular formula is C34H35F4N3O4. The van der Waals surface area contributed by atoms with Crippen molar-refractivity contribution in [2.75, 3.05) is 24.3 Å². The van der Waals surface area contributed by atoms with Crippen LogP contribution in [0.5, 0.6) is 0 Å². The van der Waals surface area contributed by atoms with Gasteiger partial charge in [0.15, 0.2) is 0 Å². The lowest BCUT2D eigenvalue weighted by atomic mass is 9.83. The minimum Gasteiger partial charge on any atom is -0.465 e. The summed E-state index contributed by atoms with van der Waals surface area (Å²) in [7, 11) is 0.973. The molecule has 5 rings (SSSR count). The molecule has 11 heteroatoms. The largest absolute Gasteiger partial charge is 0.465 e. The molecule has 1 aliphatic heterocycles. The minimum atomic E-state index is -4.90. The number of piperidine rings is 1. The van der Waals surface area contributed by atoms with Gasteiger partial charge in [-0.25, -0.2) is 9.18 Å². The van der Waals surface area contributed by atoms with Gasteiger partial charge in [0.2, 0.25) is 5.91 Å². The van der Waals surface area contributed by atoms with Crippen LogP contribution in [0.2, 0.25) is 0 Å². The van der Waals surface area contributed by atoms with E-state index in [1.54, 1.807) is 12.1 Å². The van der Waals surface area contributed by atoms with Crippen LogP contribution in [0.1, 0.15) is 83.3 Å². The summed E-state index contributed by atoms with van der Waals surface area (Å²) in [5.74, 6) is -4.19.